The van der Waals surface area contributed by atoms with Crippen molar-refractivity contribution in [3.05, 3.63) is 53.2 Å². The lowest BCUT2D eigenvalue weighted by molar-refractivity contribution is -0.148. The van der Waals surface area contributed by atoms with Crippen LogP contribution < -0.4 is 10.6 Å². The third kappa shape index (κ3) is 4.69. The Kier molecular flexibility index (Phi) is 6.22. The van der Waals surface area contributed by atoms with Gasteiger partial charge in [-0.25, -0.2) is 5.01 Å². The van der Waals surface area contributed by atoms with Crippen LogP contribution in [0.1, 0.15) is 61.4 Å². The highest BCUT2D eigenvalue weighted by molar-refractivity contribution is 5.95. The second-order valence-electron chi connectivity index (χ2n) is 10.4. The minimum absolute atomic E-state index is 0.0428. The molecule has 1 saturated carbocycles. The number of hydrogen-bond acceptors (Lipinski definition) is 7. The molecule has 2 aromatic heterocycles. The summed E-state index contributed by atoms with van der Waals surface area (Å²) in [4.78, 5) is 39.4. The highest BCUT2D eigenvalue weighted by Gasteiger charge is 2.38. The number of carbonyl (C=O) groups excluding carboxylic acids is 3. The third-order valence-electron chi connectivity index (χ3n) is 7.50. The average molecular weight is 518 g/mol. The first kappa shape index (κ1) is 24.4. The van der Waals surface area contributed by atoms with Gasteiger partial charge in [-0.1, -0.05) is 36.3 Å². The second kappa shape index (κ2) is 9.71. The van der Waals surface area contributed by atoms with E-state index in [4.69, 9.17) is 4.52 Å². The lowest BCUT2D eigenvalue weighted by Crippen LogP contribution is -2.46. The van der Waals surface area contributed by atoms with E-state index >= 15 is 0 Å². The van der Waals surface area contributed by atoms with E-state index in [1.54, 1.807) is 29.7 Å². The van der Waals surface area contributed by atoms with Crippen molar-refractivity contribution in [1.82, 2.24) is 30.3 Å². The standard InChI is InChI=1S/C27H31N7O4/c1-16(12-24(35)28-23-14-21(30-32(23)2)22-13-20(31-38-22)17-8-9-17)26(36)29-25-19-7-4-3-6-18(19)15-33-10-5-11-34(33)27(25)37/h3-4,6-7,13-14,16-17,25H,5,8-12,15H2,1-2H3,(H,28,35)(H,29,36)/t16-,25+/m1/s1. The Bertz CT molecular complexity index is 1390. The SMILES string of the molecule is C[C@H](CC(=O)Nc1cc(-c2cc(C3CC3)no2)nn1C)C(=O)N[C@@H]1C(=O)N2CCCN2Cc2ccccc21. The maximum atomic E-state index is 13.4. The molecule has 0 radical (unpaired) electrons. The molecule has 3 amide bonds. The van der Waals surface area contributed by atoms with Gasteiger partial charge < -0.3 is 15.2 Å². The van der Waals surface area contributed by atoms with Gasteiger partial charge in [-0.3, -0.25) is 24.1 Å². The number of anilines is 1. The number of hydrazine groups is 1. The molecule has 11 heteroatoms. The van der Waals surface area contributed by atoms with Crippen LogP contribution in [0.3, 0.4) is 0 Å². The van der Waals surface area contributed by atoms with Gasteiger partial charge in [0.1, 0.15) is 17.6 Å². The first-order valence-electron chi connectivity index (χ1n) is 13.1. The summed E-state index contributed by atoms with van der Waals surface area (Å²) in [5.74, 6) is 0.0643. The van der Waals surface area contributed by atoms with Crippen molar-refractivity contribution in [2.45, 2.75) is 51.1 Å². The zero-order valence-electron chi connectivity index (χ0n) is 21.5. The molecule has 11 nitrogen and oxygen atoms in total. The summed E-state index contributed by atoms with van der Waals surface area (Å²) >= 11 is 0. The summed E-state index contributed by atoms with van der Waals surface area (Å²) in [5.41, 5.74) is 3.33. The first-order chi connectivity index (χ1) is 18.4. The summed E-state index contributed by atoms with van der Waals surface area (Å²) < 4.78 is 6.99. The third-order valence-corrected chi connectivity index (χ3v) is 7.50. The van der Waals surface area contributed by atoms with Crippen molar-refractivity contribution in [1.29, 1.82) is 0 Å². The molecule has 0 bridgehead atoms. The molecule has 0 unspecified atom stereocenters. The number of rotatable bonds is 7. The number of amides is 3. The highest BCUT2D eigenvalue weighted by Crippen LogP contribution is 2.40. The van der Waals surface area contributed by atoms with Gasteiger partial charge in [0.25, 0.3) is 5.91 Å². The molecule has 2 atom stereocenters. The first-order valence-corrected chi connectivity index (χ1v) is 13.1. The Morgan fingerprint density at radius 3 is 2.82 bits per heavy atom. The Morgan fingerprint density at radius 1 is 1.18 bits per heavy atom. The Balaban J connectivity index is 1.10. The number of hydrogen-bond donors (Lipinski definition) is 2. The smallest absolute Gasteiger partial charge is 0.264 e. The van der Waals surface area contributed by atoms with E-state index in [1.807, 2.05) is 35.3 Å². The summed E-state index contributed by atoms with van der Waals surface area (Å²) in [6, 6.07) is 10.5. The predicted molar refractivity (Wildman–Crippen MR) is 137 cm³/mol. The van der Waals surface area contributed by atoms with Gasteiger partial charge >= 0.3 is 0 Å². The quantitative estimate of drug-likeness (QED) is 0.494. The van der Waals surface area contributed by atoms with Gasteiger partial charge in [0.2, 0.25) is 11.8 Å². The van der Waals surface area contributed by atoms with Crippen molar-refractivity contribution >= 4 is 23.5 Å². The molecule has 3 aromatic rings. The number of aromatic nitrogens is 3. The normalized spacial score (nSPS) is 20.0. The van der Waals surface area contributed by atoms with Crippen molar-refractivity contribution in [2.24, 2.45) is 13.0 Å². The molecule has 6 rings (SSSR count). The maximum Gasteiger partial charge on any atom is 0.264 e. The van der Waals surface area contributed by atoms with Crippen LogP contribution in [0, 0.1) is 5.92 Å². The Morgan fingerprint density at radius 2 is 2.00 bits per heavy atom. The summed E-state index contributed by atoms with van der Waals surface area (Å²) in [7, 11) is 1.73. The Hall–Kier alpha value is -3.99. The Labute approximate surface area is 220 Å². The average Bonchev–Trinajstić information content (AvgIpc) is 3.30. The molecule has 38 heavy (non-hydrogen) atoms. The molecule has 2 N–H and O–H groups in total. The molecular formula is C27H31N7O4. The van der Waals surface area contributed by atoms with Crippen LogP contribution in [0.4, 0.5) is 5.82 Å². The van der Waals surface area contributed by atoms with Crippen molar-refractivity contribution in [3.63, 3.8) is 0 Å². The summed E-state index contributed by atoms with van der Waals surface area (Å²) in [6.45, 7) is 3.77. The van der Waals surface area contributed by atoms with Gasteiger partial charge in [0.15, 0.2) is 5.76 Å². The van der Waals surface area contributed by atoms with E-state index in [0.29, 0.717) is 36.3 Å². The van der Waals surface area contributed by atoms with Crippen molar-refractivity contribution < 1.29 is 18.9 Å². The summed E-state index contributed by atoms with van der Waals surface area (Å²) in [5, 5.41) is 18.1. The van der Waals surface area contributed by atoms with E-state index in [2.05, 4.69) is 20.9 Å². The molecular weight excluding hydrogens is 486 g/mol. The van der Waals surface area contributed by atoms with Gasteiger partial charge in [-0.2, -0.15) is 5.10 Å². The summed E-state index contributed by atoms with van der Waals surface area (Å²) in [6.07, 6.45) is 3.11. The second-order valence-corrected chi connectivity index (χ2v) is 10.4. The number of fused-ring (bicyclic) bond motifs is 2. The fourth-order valence-electron chi connectivity index (χ4n) is 5.19. The predicted octanol–water partition coefficient (Wildman–Crippen LogP) is 2.74. The molecule has 1 aromatic carbocycles. The van der Waals surface area contributed by atoms with E-state index in [1.165, 1.54) is 0 Å². The zero-order chi connectivity index (χ0) is 26.4. The van der Waals surface area contributed by atoms with Crippen LogP contribution in [-0.2, 0) is 28.0 Å². The van der Waals surface area contributed by atoms with Crippen LogP contribution in [0.5, 0.6) is 0 Å². The van der Waals surface area contributed by atoms with Crippen LogP contribution in [0.2, 0.25) is 0 Å². The monoisotopic (exact) mass is 517 g/mol. The maximum absolute atomic E-state index is 13.4. The fraction of sp³-hybridized carbons (Fsp3) is 0.444. The minimum atomic E-state index is -0.783. The van der Waals surface area contributed by atoms with Gasteiger partial charge in [0.05, 0.1) is 5.69 Å². The zero-order valence-corrected chi connectivity index (χ0v) is 21.5. The number of nitrogens with one attached hydrogen (secondary N) is 2. The number of aryl methyl sites for hydroxylation is 1. The van der Waals surface area contributed by atoms with E-state index in [0.717, 1.165) is 42.6 Å². The van der Waals surface area contributed by atoms with E-state index in [9.17, 15) is 14.4 Å². The topological polar surface area (TPSA) is 126 Å². The van der Waals surface area contributed by atoms with Crippen LogP contribution in [0.15, 0.2) is 40.9 Å². The molecule has 0 spiro atoms. The van der Waals surface area contributed by atoms with Crippen molar-refractivity contribution in [2.75, 3.05) is 18.4 Å². The van der Waals surface area contributed by atoms with Crippen LogP contribution in [-0.4, -0.2) is 55.8 Å². The fourth-order valence-corrected chi connectivity index (χ4v) is 5.19. The van der Waals surface area contributed by atoms with E-state index in [-0.39, 0.29) is 24.1 Å². The molecule has 198 valence electrons. The lowest BCUT2D eigenvalue weighted by atomic mass is 9.98. The molecule has 4 heterocycles. The van der Waals surface area contributed by atoms with Crippen LogP contribution in [0.25, 0.3) is 11.5 Å². The largest absolute Gasteiger partial charge is 0.354 e. The van der Waals surface area contributed by atoms with Crippen molar-refractivity contribution in [3.8, 4) is 11.5 Å². The molecule has 2 fully saturated rings. The minimum Gasteiger partial charge on any atom is -0.354 e. The number of benzene rings is 1. The van der Waals surface area contributed by atoms with E-state index < -0.39 is 12.0 Å². The highest BCUT2D eigenvalue weighted by atomic mass is 16.5. The molecule has 1 saturated heterocycles. The molecule has 3 aliphatic rings. The van der Waals surface area contributed by atoms with Gasteiger partial charge in [-0.15, -0.1) is 0 Å². The molecule has 2 aliphatic heterocycles. The number of nitrogens with zero attached hydrogens (tertiary/aromatic N) is 5. The number of carbonyl (C=O) groups is 3. The van der Waals surface area contributed by atoms with Crippen LogP contribution >= 0.6 is 0 Å². The van der Waals surface area contributed by atoms with Gasteiger partial charge in [0, 0.05) is 57.1 Å². The lowest BCUT2D eigenvalue weighted by Gasteiger charge is -2.28. The molecule has 1 aliphatic carbocycles. The van der Waals surface area contributed by atoms with Gasteiger partial charge in [-0.05, 0) is 30.4 Å².